The van der Waals surface area contributed by atoms with E-state index in [9.17, 15) is 9.59 Å². The molecule has 0 aliphatic carbocycles. The van der Waals surface area contributed by atoms with Gasteiger partial charge in [-0.2, -0.15) is 5.10 Å². The highest BCUT2D eigenvalue weighted by Gasteiger charge is 2.07. The first-order valence-corrected chi connectivity index (χ1v) is 7.20. The molecule has 0 unspecified atom stereocenters. The zero-order valence-corrected chi connectivity index (χ0v) is 12.6. The predicted octanol–water partition coefficient (Wildman–Crippen LogP) is 2.58. The molecule has 6 nitrogen and oxygen atoms in total. The smallest absolute Gasteiger partial charge is 0.325 e. The summed E-state index contributed by atoms with van der Waals surface area (Å²) in [4.78, 5) is 22.3. The molecule has 0 spiro atoms. The van der Waals surface area contributed by atoms with Gasteiger partial charge in [0.1, 0.15) is 6.54 Å². The molecule has 22 heavy (non-hydrogen) atoms. The molecule has 2 aromatic rings. The van der Waals surface area contributed by atoms with Crippen LogP contribution in [0.1, 0.15) is 18.4 Å². The summed E-state index contributed by atoms with van der Waals surface area (Å²) in [5, 5.41) is 15.9. The number of rotatable bonds is 7. The van der Waals surface area contributed by atoms with Gasteiger partial charge in [0.15, 0.2) is 5.82 Å². The number of aromatic nitrogens is 2. The van der Waals surface area contributed by atoms with Gasteiger partial charge in [-0.15, -0.1) is 0 Å². The van der Waals surface area contributed by atoms with Gasteiger partial charge in [-0.3, -0.25) is 14.3 Å². The third-order valence-corrected chi connectivity index (χ3v) is 3.24. The Kier molecular flexibility index (Phi) is 5.55. The topological polar surface area (TPSA) is 84.2 Å². The van der Waals surface area contributed by atoms with Gasteiger partial charge in [0.05, 0.1) is 0 Å². The molecule has 0 aliphatic rings. The van der Waals surface area contributed by atoms with E-state index in [-0.39, 0.29) is 12.5 Å². The number of hydrogen-bond donors (Lipinski definition) is 2. The normalized spacial score (nSPS) is 10.4. The lowest BCUT2D eigenvalue weighted by molar-refractivity contribution is -0.137. The van der Waals surface area contributed by atoms with Crippen LogP contribution in [-0.2, 0) is 22.6 Å². The number of nitrogens with one attached hydrogen (secondary N) is 1. The average molecular weight is 322 g/mol. The van der Waals surface area contributed by atoms with Gasteiger partial charge in [0.2, 0.25) is 5.91 Å². The second-order valence-electron chi connectivity index (χ2n) is 4.82. The summed E-state index contributed by atoms with van der Waals surface area (Å²) in [6.45, 7) is -0.230. The fourth-order valence-corrected chi connectivity index (χ4v) is 2.09. The van der Waals surface area contributed by atoms with Crippen molar-refractivity contribution >= 4 is 29.3 Å². The molecule has 1 aromatic carbocycles. The van der Waals surface area contributed by atoms with Crippen molar-refractivity contribution in [1.82, 2.24) is 9.78 Å². The van der Waals surface area contributed by atoms with E-state index in [2.05, 4.69) is 10.4 Å². The Morgan fingerprint density at radius 3 is 2.64 bits per heavy atom. The van der Waals surface area contributed by atoms with Crippen LogP contribution in [0.2, 0.25) is 5.02 Å². The lowest BCUT2D eigenvalue weighted by Crippen LogP contribution is -2.13. The number of carboxylic acids is 1. The fourth-order valence-electron chi connectivity index (χ4n) is 1.96. The van der Waals surface area contributed by atoms with Crippen molar-refractivity contribution in [1.29, 1.82) is 0 Å². The number of aliphatic carboxylic acids is 1. The largest absolute Gasteiger partial charge is 0.480 e. The monoisotopic (exact) mass is 321 g/mol. The van der Waals surface area contributed by atoms with E-state index in [1.807, 2.05) is 24.3 Å². The van der Waals surface area contributed by atoms with E-state index in [0.717, 1.165) is 12.0 Å². The van der Waals surface area contributed by atoms with Gasteiger partial charge >= 0.3 is 5.97 Å². The number of hydrogen-bond acceptors (Lipinski definition) is 3. The zero-order valence-electron chi connectivity index (χ0n) is 11.8. The second-order valence-corrected chi connectivity index (χ2v) is 5.26. The Hall–Kier alpha value is -2.34. The van der Waals surface area contributed by atoms with Crippen LogP contribution in [0.5, 0.6) is 0 Å². The van der Waals surface area contributed by atoms with Crippen molar-refractivity contribution in [2.24, 2.45) is 0 Å². The van der Waals surface area contributed by atoms with Crippen molar-refractivity contribution in [3.8, 4) is 0 Å². The molecule has 7 heteroatoms. The number of carbonyl (C=O) groups is 2. The third kappa shape index (κ3) is 5.21. The Morgan fingerprint density at radius 1 is 1.23 bits per heavy atom. The minimum Gasteiger partial charge on any atom is -0.480 e. The quantitative estimate of drug-likeness (QED) is 0.821. The third-order valence-electron chi connectivity index (χ3n) is 2.99. The second kappa shape index (κ2) is 7.61. The SMILES string of the molecule is O=C(O)Cn1ccc(NC(=O)CCCc2ccc(Cl)cc2)n1. The standard InChI is InChI=1S/C15H16ClN3O3/c16-12-6-4-11(5-7-12)2-1-3-14(20)17-13-8-9-19(18-13)10-15(21)22/h4-9H,1-3,10H2,(H,21,22)(H,17,18,20). The van der Waals surface area contributed by atoms with Crippen molar-refractivity contribution in [2.45, 2.75) is 25.8 Å². The summed E-state index contributed by atoms with van der Waals surface area (Å²) in [6, 6.07) is 9.10. The molecule has 0 saturated heterocycles. The molecule has 0 bridgehead atoms. The van der Waals surface area contributed by atoms with Crippen molar-refractivity contribution < 1.29 is 14.7 Å². The van der Waals surface area contributed by atoms with Crippen LogP contribution >= 0.6 is 11.6 Å². The molecule has 0 saturated carbocycles. The molecule has 0 radical (unpaired) electrons. The highest BCUT2D eigenvalue weighted by Crippen LogP contribution is 2.12. The number of nitrogens with zero attached hydrogens (tertiary/aromatic N) is 2. The number of halogens is 1. The first kappa shape index (κ1) is 16.0. The highest BCUT2D eigenvalue weighted by atomic mass is 35.5. The number of anilines is 1. The maximum Gasteiger partial charge on any atom is 0.325 e. The van der Waals surface area contributed by atoms with E-state index >= 15 is 0 Å². The molecule has 0 fully saturated rings. The van der Waals surface area contributed by atoms with Crippen molar-refractivity contribution in [3.63, 3.8) is 0 Å². The molecule has 1 heterocycles. The summed E-state index contributed by atoms with van der Waals surface area (Å²) in [5.41, 5.74) is 1.13. The van der Waals surface area contributed by atoms with Crippen molar-refractivity contribution in [2.75, 3.05) is 5.32 Å². The lowest BCUT2D eigenvalue weighted by Gasteiger charge is -2.03. The van der Waals surface area contributed by atoms with Crippen LogP contribution in [0.4, 0.5) is 5.82 Å². The van der Waals surface area contributed by atoms with E-state index in [1.165, 1.54) is 10.9 Å². The first-order chi connectivity index (χ1) is 10.5. The average Bonchev–Trinajstić information content (AvgIpc) is 2.87. The van der Waals surface area contributed by atoms with Crippen LogP contribution in [0.15, 0.2) is 36.5 Å². The minimum atomic E-state index is -0.982. The number of carboxylic acid groups (broad SMARTS) is 1. The Balaban J connectivity index is 1.74. The molecule has 1 aromatic heterocycles. The molecular weight excluding hydrogens is 306 g/mol. The number of aryl methyl sites for hydroxylation is 1. The van der Waals surface area contributed by atoms with Crippen molar-refractivity contribution in [3.05, 3.63) is 47.1 Å². The summed E-state index contributed by atoms with van der Waals surface area (Å²) in [5.74, 6) is -0.767. The van der Waals surface area contributed by atoms with Crippen LogP contribution in [0.3, 0.4) is 0 Å². The highest BCUT2D eigenvalue weighted by molar-refractivity contribution is 6.30. The van der Waals surface area contributed by atoms with E-state index in [4.69, 9.17) is 16.7 Å². The van der Waals surface area contributed by atoms with Crippen LogP contribution in [0, 0.1) is 0 Å². The first-order valence-electron chi connectivity index (χ1n) is 6.82. The van der Waals surface area contributed by atoms with E-state index in [1.54, 1.807) is 6.07 Å². The Morgan fingerprint density at radius 2 is 1.95 bits per heavy atom. The van der Waals surface area contributed by atoms with Crippen LogP contribution in [0.25, 0.3) is 0 Å². The van der Waals surface area contributed by atoms with Gasteiger partial charge in [0.25, 0.3) is 0 Å². The maximum absolute atomic E-state index is 11.8. The van der Waals surface area contributed by atoms with Crippen LogP contribution in [-0.4, -0.2) is 26.8 Å². The lowest BCUT2D eigenvalue weighted by atomic mass is 10.1. The molecule has 2 rings (SSSR count). The van der Waals surface area contributed by atoms with Gasteiger partial charge in [-0.05, 0) is 30.5 Å². The van der Waals surface area contributed by atoms with Gasteiger partial charge in [-0.25, -0.2) is 0 Å². The minimum absolute atomic E-state index is 0.144. The predicted molar refractivity (Wildman–Crippen MR) is 82.9 cm³/mol. The molecule has 116 valence electrons. The van der Waals surface area contributed by atoms with Gasteiger partial charge in [-0.1, -0.05) is 23.7 Å². The molecular formula is C15H16ClN3O3. The van der Waals surface area contributed by atoms with Gasteiger partial charge < -0.3 is 10.4 Å². The zero-order chi connectivity index (χ0) is 15.9. The molecule has 1 amide bonds. The van der Waals surface area contributed by atoms with Crippen LogP contribution < -0.4 is 5.32 Å². The van der Waals surface area contributed by atoms with E-state index in [0.29, 0.717) is 23.7 Å². The molecule has 0 atom stereocenters. The summed E-state index contributed by atoms with van der Waals surface area (Å²) < 4.78 is 1.26. The Labute approximate surface area is 132 Å². The number of amides is 1. The summed E-state index contributed by atoms with van der Waals surface area (Å²) in [6.07, 6.45) is 3.38. The van der Waals surface area contributed by atoms with Gasteiger partial charge in [0, 0.05) is 23.7 Å². The fraction of sp³-hybridized carbons (Fsp3) is 0.267. The summed E-state index contributed by atoms with van der Waals surface area (Å²) >= 11 is 5.81. The maximum atomic E-state index is 11.8. The summed E-state index contributed by atoms with van der Waals surface area (Å²) in [7, 11) is 0. The van der Waals surface area contributed by atoms with E-state index < -0.39 is 5.97 Å². The molecule has 2 N–H and O–H groups in total. The number of benzene rings is 1. The number of carbonyl (C=O) groups excluding carboxylic acids is 1. The molecule has 0 aliphatic heterocycles. The Bertz CT molecular complexity index is 652.